The Balaban J connectivity index is 1.35. The summed E-state index contributed by atoms with van der Waals surface area (Å²) in [5, 5.41) is 12.0. The maximum Gasteiger partial charge on any atom is 0.258 e. The zero-order valence-electron chi connectivity index (χ0n) is 24.0. The van der Waals surface area contributed by atoms with Gasteiger partial charge in [0.05, 0.1) is 17.0 Å². The van der Waals surface area contributed by atoms with Crippen molar-refractivity contribution in [1.29, 1.82) is 0 Å². The molecule has 2 N–H and O–H groups in total. The normalized spacial score (nSPS) is 14.3. The number of carbonyl (C=O) groups is 1. The Labute approximate surface area is 247 Å². The topological polar surface area (TPSA) is 71.9 Å². The van der Waals surface area contributed by atoms with E-state index in [2.05, 4.69) is 22.0 Å². The molecule has 212 valence electrons. The number of para-hydroxylation sites is 1. The molecule has 42 heavy (non-hydrogen) atoms. The maximum absolute atomic E-state index is 13.5. The first-order chi connectivity index (χ1) is 20.6. The molecule has 0 spiro atoms. The summed E-state index contributed by atoms with van der Waals surface area (Å²) >= 11 is 0. The van der Waals surface area contributed by atoms with Crippen LogP contribution in [0.3, 0.4) is 0 Å². The molecule has 1 aromatic heterocycles. The van der Waals surface area contributed by atoms with Gasteiger partial charge in [0, 0.05) is 40.8 Å². The first-order valence-electron chi connectivity index (χ1n) is 14.8. The summed E-state index contributed by atoms with van der Waals surface area (Å²) in [6.07, 6.45) is 3.88. The predicted octanol–water partition coefficient (Wildman–Crippen LogP) is 7.70. The van der Waals surface area contributed by atoms with Crippen LogP contribution in [0, 0.1) is 0 Å². The lowest BCUT2D eigenvalue weighted by molar-refractivity contribution is 0.0988. The number of likely N-dealkylation sites (tertiary alicyclic amines) is 1. The molecule has 1 aliphatic rings. The number of hydrogen-bond acceptors (Lipinski definition) is 4. The van der Waals surface area contributed by atoms with Crippen molar-refractivity contribution < 1.29 is 9.90 Å². The lowest BCUT2D eigenvalue weighted by Crippen LogP contribution is -2.30. The van der Waals surface area contributed by atoms with Crippen molar-refractivity contribution in [2.75, 3.05) is 24.5 Å². The van der Waals surface area contributed by atoms with Gasteiger partial charge in [0.2, 0.25) is 0 Å². The van der Waals surface area contributed by atoms with Gasteiger partial charge in [-0.3, -0.25) is 9.69 Å². The van der Waals surface area contributed by atoms with Gasteiger partial charge >= 0.3 is 0 Å². The minimum Gasteiger partial charge on any atom is -0.494 e. The number of nitrogens with one attached hydrogen (secondary N) is 1. The van der Waals surface area contributed by atoms with E-state index in [1.807, 2.05) is 97.9 Å². The van der Waals surface area contributed by atoms with Crippen LogP contribution in [0.4, 0.5) is 11.4 Å². The first kappa shape index (κ1) is 27.5. The number of benzene rings is 4. The molecule has 1 amide bonds. The molecule has 6 heteroatoms. The second-order valence-corrected chi connectivity index (χ2v) is 10.8. The molecule has 0 unspecified atom stereocenters. The fraction of sp³-hybridized carbons (Fsp3) is 0.222. The lowest BCUT2D eigenvalue weighted by atomic mass is 10.00. The maximum atomic E-state index is 13.5. The summed E-state index contributed by atoms with van der Waals surface area (Å²) in [4.78, 5) is 25.9. The number of rotatable bonds is 8. The molecule has 1 fully saturated rings. The second-order valence-electron chi connectivity index (χ2n) is 10.8. The highest BCUT2D eigenvalue weighted by molar-refractivity contribution is 6.22. The summed E-state index contributed by atoms with van der Waals surface area (Å²) in [5.41, 5.74) is 6.35. The molecular weight excluding hydrogens is 520 g/mol. The van der Waals surface area contributed by atoms with Crippen molar-refractivity contribution in [2.24, 2.45) is 4.99 Å². The molecule has 0 atom stereocenters. The van der Waals surface area contributed by atoms with Crippen molar-refractivity contribution in [1.82, 2.24) is 9.88 Å². The van der Waals surface area contributed by atoms with E-state index in [-0.39, 0.29) is 11.8 Å². The van der Waals surface area contributed by atoms with E-state index < -0.39 is 0 Å². The van der Waals surface area contributed by atoms with Crippen molar-refractivity contribution in [3.63, 3.8) is 0 Å². The Kier molecular flexibility index (Phi) is 8.15. The molecule has 0 saturated carbocycles. The van der Waals surface area contributed by atoms with E-state index in [4.69, 9.17) is 4.99 Å². The van der Waals surface area contributed by atoms with Crippen LogP contribution in [0.25, 0.3) is 10.9 Å². The van der Waals surface area contributed by atoms with Crippen LogP contribution >= 0.6 is 0 Å². The van der Waals surface area contributed by atoms with Crippen molar-refractivity contribution >= 4 is 33.9 Å². The number of anilines is 1. The largest absolute Gasteiger partial charge is 0.494 e. The van der Waals surface area contributed by atoms with E-state index in [1.165, 1.54) is 24.8 Å². The van der Waals surface area contributed by atoms with E-state index in [1.54, 1.807) is 4.90 Å². The predicted molar refractivity (Wildman–Crippen MR) is 171 cm³/mol. The van der Waals surface area contributed by atoms with Crippen LogP contribution in [-0.4, -0.2) is 46.2 Å². The van der Waals surface area contributed by atoms with Gasteiger partial charge in [0.15, 0.2) is 5.88 Å². The number of aromatic hydroxyl groups is 1. The van der Waals surface area contributed by atoms with Gasteiger partial charge in [-0.15, -0.1) is 0 Å². The molecule has 0 bridgehead atoms. The summed E-state index contributed by atoms with van der Waals surface area (Å²) in [7, 11) is 0. The van der Waals surface area contributed by atoms with Gasteiger partial charge in [-0.1, -0.05) is 73.2 Å². The number of carbonyl (C=O) groups excluding carboxylic acids is 1. The Morgan fingerprint density at radius 1 is 0.857 bits per heavy atom. The number of amides is 1. The number of hydrogen-bond donors (Lipinski definition) is 2. The van der Waals surface area contributed by atoms with Crippen molar-refractivity contribution in [3.8, 4) is 5.88 Å². The molecule has 1 saturated heterocycles. The Morgan fingerprint density at radius 2 is 1.55 bits per heavy atom. The number of nitrogens with zero attached hydrogens (tertiary/aromatic N) is 3. The van der Waals surface area contributed by atoms with Crippen LogP contribution in [0.15, 0.2) is 108 Å². The standard InChI is InChI=1S/C36H36N4O2/c1-2-40(30-14-8-4-9-15-30)36(42)28-18-21-31-32(24-28)38-35(41)33(31)34(27-12-6-3-7-13-27)37-29-19-16-26(17-20-29)25-39-22-10-5-11-23-39/h3-4,6-9,12-21,24,38,41H,2,5,10-11,22-23,25H2,1H3. The first-order valence-corrected chi connectivity index (χ1v) is 14.8. The van der Waals surface area contributed by atoms with Crippen LogP contribution in [0.1, 0.15) is 53.2 Å². The third-order valence-corrected chi connectivity index (χ3v) is 7.97. The average Bonchev–Trinajstić information content (AvgIpc) is 3.37. The smallest absolute Gasteiger partial charge is 0.258 e. The summed E-state index contributed by atoms with van der Waals surface area (Å²) in [6, 6.07) is 33.5. The van der Waals surface area contributed by atoms with Gasteiger partial charge in [0.25, 0.3) is 5.91 Å². The van der Waals surface area contributed by atoms with Gasteiger partial charge in [0.1, 0.15) is 0 Å². The molecule has 0 aliphatic carbocycles. The molecule has 6 rings (SSSR count). The zero-order valence-corrected chi connectivity index (χ0v) is 24.0. The monoisotopic (exact) mass is 556 g/mol. The summed E-state index contributed by atoms with van der Waals surface area (Å²) in [6.45, 7) is 5.79. The fourth-order valence-electron chi connectivity index (χ4n) is 5.80. The highest BCUT2D eigenvalue weighted by Crippen LogP contribution is 2.33. The highest BCUT2D eigenvalue weighted by atomic mass is 16.3. The van der Waals surface area contributed by atoms with Gasteiger partial charge in [-0.2, -0.15) is 0 Å². The van der Waals surface area contributed by atoms with Crippen LogP contribution in [0.2, 0.25) is 0 Å². The van der Waals surface area contributed by atoms with Gasteiger partial charge in [-0.25, -0.2) is 4.99 Å². The third-order valence-electron chi connectivity index (χ3n) is 7.97. The minimum atomic E-state index is -0.0946. The quantitative estimate of drug-likeness (QED) is 0.192. The Hall–Kier alpha value is -4.68. The van der Waals surface area contributed by atoms with Gasteiger partial charge in [-0.05, 0) is 74.8 Å². The van der Waals surface area contributed by atoms with Crippen LogP contribution in [0.5, 0.6) is 5.88 Å². The number of fused-ring (bicyclic) bond motifs is 1. The average molecular weight is 557 g/mol. The Morgan fingerprint density at radius 3 is 2.24 bits per heavy atom. The SMILES string of the molecule is CCN(C(=O)c1ccc2c(C(=Nc3ccc(CN4CCCCC4)cc3)c3ccccc3)c(O)[nH]c2c1)c1ccccc1. The minimum absolute atomic E-state index is 0.0225. The molecular formula is C36H36N4O2. The van der Waals surface area contributed by atoms with Crippen LogP contribution in [-0.2, 0) is 6.54 Å². The number of aromatic nitrogens is 1. The summed E-state index contributed by atoms with van der Waals surface area (Å²) < 4.78 is 0. The fourth-order valence-corrected chi connectivity index (χ4v) is 5.80. The third kappa shape index (κ3) is 5.85. The molecule has 1 aliphatic heterocycles. The molecule has 2 heterocycles. The lowest BCUT2D eigenvalue weighted by Gasteiger charge is -2.26. The van der Waals surface area contributed by atoms with Crippen molar-refractivity contribution in [2.45, 2.75) is 32.7 Å². The van der Waals surface area contributed by atoms with E-state index in [9.17, 15) is 9.90 Å². The highest BCUT2D eigenvalue weighted by Gasteiger charge is 2.22. The number of piperidine rings is 1. The van der Waals surface area contributed by atoms with E-state index in [0.29, 0.717) is 28.9 Å². The van der Waals surface area contributed by atoms with E-state index >= 15 is 0 Å². The van der Waals surface area contributed by atoms with Gasteiger partial charge < -0.3 is 15.0 Å². The second kappa shape index (κ2) is 12.5. The van der Waals surface area contributed by atoms with E-state index in [0.717, 1.165) is 42.0 Å². The molecule has 4 aromatic carbocycles. The molecule has 6 nitrogen and oxygen atoms in total. The molecule has 5 aromatic rings. The number of H-pyrrole nitrogens is 1. The number of aliphatic imine (C=N–C) groups is 1. The van der Waals surface area contributed by atoms with Crippen molar-refractivity contribution in [3.05, 3.63) is 125 Å². The zero-order chi connectivity index (χ0) is 28.9. The summed E-state index contributed by atoms with van der Waals surface area (Å²) in [5.74, 6) is -0.0721. The molecule has 0 radical (unpaired) electrons. The number of aromatic amines is 1. The Bertz CT molecular complexity index is 1690. The van der Waals surface area contributed by atoms with Crippen LogP contribution < -0.4 is 4.90 Å².